The number of hydrogen-bond acceptors (Lipinski definition) is 6. The second-order valence-corrected chi connectivity index (χ2v) is 6.43. The van der Waals surface area contributed by atoms with E-state index in [9.17, 15) is 27.2 Å². The van der Waals surface area contributed by atoms with Crippen molar-refractivity contribution in [3.63, 3.8) is 0 Å². The zero-order chi connectivity index (χ0) is 24.8. The van der Waals surface area contributed by atoms with Gasteiger partial charge in [-0.15, -0.1) is 0 Å². The molecule has 0 saturated heterocycles. The highest BCUT2D eigenvalue weighted by atomic mass is 19.3. The van der Waals surface area contributed by atoms with E-state index < -0.39 is 29.1 Å². The Morgan fingerprint density at radius 1 is 0.667 bits per heavy atom. The number of alkyl halides is 2. The number of hydrogen-bond donors (Lipinski definition) is 0. The lowest BCUT2D eigenvalue weighted by Gasteiger charge is -2.11. The van der Waals surface area contributed by atoms with E-state index in [1.165, 1.54) is 28.4 Å². The van der Waals surface area contributed by atoms with Crippen molar-refractivity contribution in [2.24, 2.45) is 0 Å². The summed E-state index contributed by atoms with van der Waals surface area (Å²) in [6.07, 6.45) is 2.29. The van der Waals surface area contributed by atoms with Crippen LogP contribution in [-0.2, 0) is 9.59 Å². The van der Waals surface area contributed by atoms with E-state index in [-0.39, 0.29) is 34.1 Å². The molecule has 0 aromatic heterocycles. The SMILES string of the molecule is COc1cc(F)c(/C=C/C(=O)C(F)(F)C(=O)/C=C/c2cc(OC)c(OC)cc2F)cc1OC. The maximum atomic E-state index is 14.3. The highest BCUT2D eigenvalue weighted by Crippen LogP contribution is 2.32. The summed E-state index contributed by atoms with van der Waals surface area (Å²) < 4.78 is 76.5. The number of carbonyl (C=O) groups excluding carboxylic acids is 2. The lowest BCUT2D eigenvalue weighted by Crippen LogP contribution is -2.35. The molecular weight excluding hydrogens is 448 g/mol. The number of ether oxygens (including phenoxy) is 4. The van der Waals surface area contributed by atoms with Gasteiger partial charge in [0.15, 0.2) is 23.0 Å². The van der Waals surface area contributed by atoms with Gasteiger partial charge in [-0.25, -0.2) is 8.78 Å². The maximum Gasteiger partial charge on any atom is 0.370 e. The monoisotopic (exact) mass is 468 g/mol. The number of benzene rings is 2. The van der Waals surface area contributed by atoms with Crippen LogP contribution in [-0.4, -0.2) is 45.9 Å². The molecule has 0 saturated carbocycles. The molecule has 0 fully saturated rings. The highest BCUT2D eigenvalue weighted by molar-refractivity contribution is 6.18. The van der Waals surface area contributed by atoms with E-state index in [1.807, 2.05) is 0 Å². The Bertz CT molecular complexity index is 1020. The van der Waals surface area contributed by atoms with Gasteiger partial charge in [-0.1, -0.05) is 0 Å². The summed E-state index contributed by atoms with van der Waals surface area (Å²) in [7, 11) is 5.14. The first kappa shape index (κ1) is 25.4. The quantitative estimate of drug-likeness (QED) is 0.291. The minimum absolute atomic E-state index is 0.0616. The fraction of sp³-hybridized carbons (Fsp3) is 0.217. The molecule has 0 spiro atoms. The average molecular weight is 468 g/mol. The van der Waals surface area contributed by atoms with Crippen molar-refractivity contribution in [3.8, 4) is 23.0 Å². The number of methoxy groups -OCH3 is 4. The van der Waals surface area contributed by atoms with Crippen LogP contribution < -0.4 is 18.9 Å². The van der Waals surface area contributed by atoms with Gasteiger partial charge in [0, 0.05) is 23.3 Å². The van der Waals surface area contributed by atoms with Crippen LogP contribution in [0.1, 0.15) is 11.1 Å². The van der Waals surface area contributed by atoms with E-state index in [0.717, 1.165) is 36.4 Å². The van der Waals surface area contributed by atoms with E-state index >= 15 is 0 Å². The summed E-state index contributed by atoms with van der Waals surface area (Å²) in [4.78, 5) is 23.9. The molecule has 0 aliphatic heterocycles. The van der Waals surface area contributed by atoms with Gasteiger partial charge >= 0.3 is 5.92 Å². The molecule has 33 heavy (non-hydrogen) atoms. The fourth-order valence-electron chi connectivity index (χ4n) is 2.66. The highest BCUT2D eigenvalue weighted by Gasteiger charge is 2.43. The summed E-state index contributed by atoms with van der Waals surface area (Å²) in [6, 6.07) is 4.18. The summed E-state index contributed by atoms with van der Waals surface area (Å²) in [5.41, 5.74) is -0.487. The average Bonchev–Trinajstić information content (AvgIpc) is 2.81. The van der Waals surface area contributed by atoms with Crippen LogP contribution in [0.3, 0.4) is 0 Å². The Morgan fingerprint density at radius 3 is 1.27 bits per heavy atom. The van der Waals surface area contributed by atoms with Gasteiger partial charge in [0.05, 0.1) is 28.4 Å². The molecule has 0 unspecified atom stereocenters. The molecule has 0 bridgehead atoms. The Balaban J connectivity index is 2.24. The molecule has 0 atom stereocenters. The zero-order valence-corrected chi connectivity index (χ0v) is 18.1. The predicted molar refractivity (Wildman–Crippen MR) is 112 cm³/mol. The van der Waals surface area contributed by atoms with Crippen molar-refractivity contribution < 1.29 is 46.1 Å². The largest absolute Gasteiger partial charge is 0.493 e. The van der Waals surface area contributed by atoms with Crippen LogP contribution in [0.4, 0.5) is 17.6 Å². The molecule has 2 rings (SSSR count). The predicted octanol–water partition coefficient (Wildman–Crippen LogP) is 4.50. The topological polar surface area (TPSA) is 71.1 Å². The number of halogens is 4. The van der Waals surface area contributed by atoms with Gasteiger partial charge in [0.1, 0.15) is 11.6 Å². The molecule has 6 nitrogen and oxygen atoms in total. The van der Waals surface area contributed by atoms with Crippen LogP contribution in [0.15, 0.2) is 36.4 Å². The second kappa shape index (κ2) is 10.7. The van der Waals surface area contributed by atoms with Crippen molar-refractivity contribution in [3.05, 3.63) is 59.2 Å². The maximum absolute atomic E-state index is 14.3. The second-order valence-electron chi connectivity index (χ2n) is 6.43. The van der Waals surface area contributed by atoms with Crippen LogP contribution in [0, 0.1) is 11.6 Å². The zero-order valence-electron chi connectivity index (χ0n) is 18.1. The van der Waals surface area contributed by atoms with Gasteiger partial charge in [0.25, 0.3) is 0 Å². The standard InChI is InChI=1S/C23H20F4O6/c1-30-17-9-13(15(24)11-19(17)32-3)5-7-21(28)23(26,27)22(29)8-6-14-10-18(31-2)20(33-4)12-16(14)25/h5-12H,1-4H3/b7-5+,8-6+. The van der Waals surface area contributed by atoms with Gasteiger partial charge in [-0.05, 0) is 36.4 Å². The fourth-order valence-corrected chi connectivity index (χ4v) is 2.66. The van der Waals surface area contributed by atoms with Crippen molar-refractivity contribution >= 4 is 23.7 Å². The van der Waals surface area contributed by atoms with Crippen LogP contribution >= 0.6 is 0 Å². The van der Waals surface area contributed by atoms with Crippen LogP contribution in [0.5, 0.6) is 23.0 Å². The normalized spacial score (nSPS) is 11.6. The molecule has 0 amide bonds. The molecule has 10 heteroatoms. The van der Waals surface area contributed by atoms with E-state index in [1.54, 1.807) is 0 Å². The lowest BCUT2D eigenvalue weighted by atomic mass is 10.1. The smallest absolute Gasteiger partial charge is 0.370 e. The van der Waals surface area contributed by atoms with Gasteiger partial charge in [-0.3, -0.25) is 9.59 Å². The molecule has 0 aliphatic rings. The first-order chi connectivity index (χ1) is 15.6. The van der Waals surface area contributed by atoms with Crippen molar-refractivity contribution in [1.82, 2.24) is 0 Å². The third-order valence-corrected chi connectivity index (χ3v) is 4.45. The molecule has 2 aromatic rings. The summed E-state index contributed by atoms with van der Waals surface area (Å²) in [6.45, 7) is 0. The minimum Gasteiger partial charge on any atom is -0.493 e. The van der Waals surface area contributed by atoms with Crippen molar-refractivity contribution in [2.75, 3.05) is 28.4 Å². The number of ketones is 2. The number of carbonyl (C=O) groups is 2. The molecule has 2 aromatic carbocycles. The Labute approximate surface area is 187 Å². The van der Waals surface area contributed by atoms with E-state index in [4.69, 9.17) is 18.9 Å². The van der Waals surface area contributed by atoms with E-state index in [0.29, 0.717) is 12.2 Å². The van der Waals surface area contributed by atoms with Crippen molar-refractivity contribution in [1.29, 1.82) is 0 Å². The summed E-state index contributed by atoms with van der Waals surface area (Å²) >= 11 is 0. The third-order valence-electron chi connectivity index (χ3n) is 4.45. The lowest BCUT2D eigenvalue weighted by molar-refractivity contribution is -0.150. The van der Waals surface area contributed by atoms with Crippen molar-refractivity contribution in [2.45, 2.75) is 5.92 Å². The van der Waals surface area contributed by atoms with Crippen LogP contribution in [0.2, 0.25) is 0 Å². The van der Waals surface area contributed by atoms with Gasteiger partial charge < -0.3 is 18.9 Å². The Hall–Kier alpha value is -3.82. The third kappa shape index (κ3) is 5.71. The first-order valence-electron chi connectivity index (χ1n) is 9.24. The minimum atomic E-state index is -4.47. The molecular formula is C23H20F4O6. The van der Waals surface area contributed by atoms with Gasteiger partial charge in [-0.2, -0.15) is 8.78 Å². The van der Waals surface area contributed by atoms with Gasteiger partial charge in [0.2, 0.25) is 11.6 Å². The number of rotatable bonds is 10. The molecule has 176 valence electrons. The molecule has 0 aliphatic carbocycles. The first-order valence-corrected chi connectivity index (χ1v) is 9.24. The molecule has 0 heterocycles. The van der Waals surface area contributed by atoms with Crippen LogP contribution in [0.25, 0.3) is 12.2 Å². The number of allylic oxidation sites excluding steroid dienone is 2. The summed E-state index contributed by atoms with van der Waals surface area (Å²) in [5, 5.41) is 0. The molecule has 0 radical (unpaired) electrons. The summed E-state index contributed by atoms with van der Waals surface area (Å²) in [5.74, 6) is -9.64. The van der Waals surface area contributed by atoms with E-state index in [2.05, 4.69) is 0 Å². The molecule has 0 N–H and O–H groups in total. The Morgan fingerprint density at radius 2 is 0.970 bits per heavy atom. The Kier molecular flexibility index (Phi) is 8.22.